The van der Waals surface area contributed by atoms with Gasteiger partial charge in [-0.25, -0.2) is 4.68 Å². The zero-order chi connectivity index (χ0) is 17.9. The van der Waals surface area contributed by atoms with E-state index in [1.807, 2.05) is 61.5 Å². The molecular weight excluding hydrogens is 348 g/mol. The minimum atomic E-state index is 0.548. The number of rotatable bonds is 5. The molecule has 0 bridgehead atoms. The molecule has 7 nitrogen and oxygen atoms in total. The zero-order valence-corrected chi connectivity index (χ0v) is 15.1. The lowest BCUT2D eigenvalue weighted by molar-refractivity contribution is 0.417. The van der Waals surface area contributed by atoms with E-state index in [4.69, 9.17) is 4.74 Å². The number of methoxy groups -OCH3 is 1. The first-order chi connectivity index (χ1) is 12.8. The first-order valence-electron chi connectivity index (χ1n) is 7.98. The van der Waals surface area contributed by atoms with Crippen molar-refractivity contribution < 1.29 is 4.74 Å². The van der Waals surface area contributed by atoms with Crippen LogP contribution in [0.2, 0.25) is 0 Å². The maximum atomic E-state index is 5.35. The molecule has 1 N–H and O–H groups in total. The Bertz CT molecular complexity index is 1030. The molecule has 0 unspecified atom stereocenters. The van der Waals surface area contributed by atoms with Crippen molar-refractivity contribution in [2.24, 2.45) is 0 Å². The molecule has 4 aromatic rings. The SMILES string of the molecule is COc1ccccc1Nc1nc(-c2nnn(-c3ccccc3)c2C)ns1. The van der Waals surface area contributed by atoms with E-state index in [1.165, 1.54) is 11.5 Å². The summed E-state index contributed by atoms with van der Waals surface area (Å²) in [5, 5.41) is 12.4. The average molecular weight is 364 g/mol. The smallest absolute Gasteiger partial charge is 0.207 e. The fourth-order valence-electron chi connectivity index (χ4n) is 2.58. The highest BCUT2D eigenvalue weighted by atomic mass is 32.1. The fourth-order valence-corrected chi connectivity index (χ4v) is 3.17. The highest BCUT2D eigenvalue weighted by Gasteiger charge is 2.17. The summed E-state index contributed by atoms with van der Waals surface area (Å²) in [5.74, 6) is 1.29. The maximum Gasteiger partial charge on any atom is 0.207 e. The molecule has 0 aliphatic rings. The number of nitrogens with one attached hydrogen (secondary N) is 1. The van der Waals surface area contributed by atoms with E-state index in [1.54, 1.807) is 11.8 Å². The van der Waals surface area contributed by atoms with Crippen LogP contribution < -0.4 is 10.1 Å². The Morgan fingerprint density at radius 1 is 1.04 bits per heavy atom. The van der Waals surface area contributed by atoms with Crippen LogP contribution in [-0.4, -0.2) is 31.5 Å². The predicted molar refractivity (Wildman–Crippen MR) is 101 cm³/mol. The number of benzene rings is 2. The van der Waals surface area contributed by atoms with Gasteiger partial charge in [-0.05, 0) is 31.2 Å². The van der Waals surface area contributed by atoms with Gasteiger partial charge in [-0.3, -0.25) is 0 Å². The van der Waals surface area contributed by atoms with Crippen LogP contribution in [0.25, 0.3) is 17.2 Å². The first-order valence-corrected chi connectivity index (χ1v) is 8.75. The van der Waals surface area contributed by atoms with Crippen LogP contribution in [0.5, 0.6) is 5.75 Å². The lowest BCUT2D eigenvalue weighted by atomic mass is 10.3. The van der Waals surface area contributed by atoms with Crippen molar-refractivity contribution >= 4 is 22.4 Å². The van der Waals surface area contributed by atoms with Gasteiger partial charge < -0.3 is 10.1 Å². The summed E-state index contributed by atoms with van der Waals surface area (Å²) in [6, 6.07) is 17.5. The number of ether oxygens (including phenoxy) is 1. The average Bonchev–Trinajstić information content (AvgIpc) is 3.29. The Labute approximate surface area is 154 Å². The molecule has 0 spiro atoms. The fraction of sp³-hybridized carbons (Fsp3) is 0.111. The molecule has 0 saturated carbocycles. The van der Waals surface area contributed by atoms with Crippen molar-refractivity contribution in [1.29, 1.82) is 0 Å². The summed E-state index contributed by atoms with van der Waals surface area (Å²) >= 11 is 1.27. The van der Waals surface area contributed by atoms with Gasteiger partial charge in [0.1, 0.15) is 5.75 Å². The highest BCUT2D eigenvalue weighted by molar-refractivity contribution is 7.09. The predicted octanol–water partition coefficient (Wildman–Crippen LogP) is 3.85. The third-order valence-corrected chi connectivity index (χ3v) is 4.51. The third kappa shape index (κ3) is 3.02. The Morgan fingerprint density at radius 3 is 2.62 bits per heavy atom. The number of aromatic nitrogens is 5. The van der Waals surface area contributed by atoms with Gasteiger partial charge in [-0.2, -0.15) is 9.36 Å². The van der Waals surface area contributed by atoms with Gasteiger partial charge >= 0.3 is 0 Å². The van der Waals surface area contributed by atoms with Gasteiger partial charge in [-0.15, -0.1) is 5.10 Å². The monoisotopic (exact) mass is 364 g/mol. The third-order valence-electron chi connectivity index (χ3n) is 3.88. The van der Waals surface area contributed by atoms with Crippen LogP contribution in [-0.2, 0) is 0 Å². The van der Waals surface area contributed by atoms with E-state index in [2.05, 4.69) is 25.0 Å². The Morgan fingerprint density at radius 2 is 1.81 bits per heavy atom. The van der Waals surface area contributed by atoms with Gasteiger partial charge in [0.25, 0.3) is 0 Å². The number of para-hydroxylation sites is 3. The molecule has 2 aromatic carbocycles. The normalized spacial score (nSPS) is 10.7. The summed E-state index contributed by atoms with van der Waals surface area (Å²) in [7, 11) is 1.64. The molecule has 0 saturated heterocycles. The summed E-state index contributed by atoms with van der Waals surface area (Å²) in [4.78, 5) is 4.54. The Kier molecular flexibility index (Phi) is 4.32. The van der Waals surface area contributed by atoms with Gasteiger partial charge in [0, 0.05) is 11.5 Å². The van der Waals surface area contributed by atoms with Crippen LogP contribution in [0, 0.1) is 6.92 Å². The second kappa shape index (κ2) is 6.93. The van der Waals surface area contributed by atoms with E-state index in [-0.39, 0.29) is 0 Å². The van der Waals surface area contributed by atoms with Crippen LogP contribution in [0.4, 0.5) is 10.8 Å². The molecule has 0 aliphatic heterocycles. The van der Waals surface area contributed by atoms with Crippen LogP contribution in [0.15, 0.2) is 54.6 Å². The molecule has 26 heavy (non-hydrogen) atoms. The minimum Gasteiger partial charge on any atom is -0.495 e. The first kappa shape index (κ1) is 16.2. The molecule has 0 fully saturated rings. The molecule has 0 aliphatic carbocycles. The summed E-state index contributed by atoms with van der Waals surface area (Å²) in [6.07, 6.45) is 0. The second-order valence-electron chi connectivity index (χ2n) is 5.52. The van der Waals surface area contributed by atoms with Crippen molar-refractivity contribution in [2.75, 3.05) is 12.4 Å². The lowest BCUT2D eigenvalue weighted by Gasteiger charge is -2.07. The molecule has 8 heteroatoms. The highest BCUT2D eigenvalue weighted by Crippen LogP contribution is 2.29. The molecule has 130 valence electrons. The van der Waals surface area contributed by atoms with E-state index in [0.29, 0.717) is 16.6 Å². The van der Waals surface area contributed by atoms with Crippen LogP contribution in [0.1, 0.15) is 5.69 Å². The van der Waals surface area contributed by atoms with E-state index in [9.17, 15) is 0 Å². The summed E-state index contributed by atoms with van der Waals surface area (Å²) in [6.45, 7) is 1.96. The topological polar surface area (TPSA) is 77.8 Å². The van der Waals surface area contributed by atoms with E-state index >= 15 is 0 Å². The molecule has 0 radical (unpaired) electrons. The minimum absolute atomic E-state index is 0.548. The van der Waals surface area contributed by atoms with Gasteiger partial charge in [0.2, 0.25) is 5.13 Å². The zero-order valence-electron chi connectivity index (χ0n) is 14.2. The van der Waals surface area contributed by atoms with Crippen molar-refractivity contribution in [1.82, 2.24) is 24.4 Å². The van der Waals surface area contributed by atoms with Crippen LogP contribution in [0.3, 0.4) is 0 Å². The van der Waals surface area contributed by atoms with Crippen molar-refractivity contribution in [3.8, 4) is 23.0 Å². The standard InChI is InChI=1S/C18H16N6OS/c1-12-16(21-23-24(12)13-8-4-3-5-9-13)17-20-18(26-22-17)19-14-10-6-7-11-15(14)25-2/h3-11H,1-2H3,(H,19,20,22). The van der Waals surface area contributed by atoms with Gasteiger partial charge in [0.05, 0.1) is 24.2 Å². The molecule has 2 heterocycles. The Hall–Kier alpha value is -3.26. The summed E-state index contributed by atoms with van der Waals surface area (Å²) in [5.41, 5.74) is 3.34. The number of nitrogens with zero attached hydrogens (tertiary/aromatic N) is 5. The Balaban J connectivity index is 1.62. The maximum absolute atomic E-state index is 5.35. The number of anilines is 2. The molecule has 0 amide bonds. The number of hydrogen-bond acceptors (Lipinski definition) is 7. The quantitative estimate of drug-likeness (QED) is 0.580. The second-order valence-corrected chi connectivity index (χ2v) is 6.27. The van der Waals surface area contributed by atoms with Crippen molar-refractivity contribution in [2.45, 2.75) is 6.92 Å². The van der Waals surface area contributed by atoms with E-state index in [0.717, 1.165) is 22.8 Å². The van der Waals surface area contributed by atoms with Crippen LogP contribution >= 0.6 is 11.5 Å². The van der Waals surface area contributed by atoms with Crippen molar-refractivity contribution in [3.63, 3.8) is 0 Å². The molecular formula is C18H16N6OS. The number of hydrogen-bond donors (Lipinski definition) is 1. The summed E-state index contributed by atoms with van der Waals surface area (Å²) < 4.78 is 11.5. The van der Waals surface area contributed by atoms with Gasteiger partial charge in [0.15, 0.2) is 11.5 Å². The van der Waals surface area contributed by atoms with Gasteiger partial charge in [-0.1, -0.05) is 35.5 Å². The lowest BCUT2D eigenvalue weighted by Crippen LogP contribution is -1.98. The molecule has 2 aromatic heterocycles. The van der Waals surface area contributed by atoms with Crippen molar-refractivity contribution in [3.05, 3.63) is 60.3 Å². The largest absolute Gasteiger partial charge is 0.495 e. The molecule has 4 rings (SSSR count). The molecule has 0 atom stereocenters. The van der Waals surface area contributed by atoms with E-state index < -0.39 is 0 Å².